The summed E-state index contributed by atoms with van der Waals surface area (Å²) in [6.07, 6.45) is 5.33. The maximum absolute atomic E-state index is 12.4. The molecular formula is C15H14O2. The van der Waals surface area contributed by atoms with Crippen molar-refractivity contribution in [2.75, 3.05) is 0 Å². The zero-order chi connectivity index (χ0) is 11.0. The van der Waals surface area contributed by atoms with Gasteiger partial charge in [-0.05, 0) is 41.4 Å². The van der Waals surface area contributed by atoms with Gasteiger partial charge in [-0.25, -0.2) is 0 Å². The third-order valence-electron chi connectivity index (χ3n) is 7.27. The van der Waals surface area contributed by atoms with E-state index in [0.717, 1.165) is 12.3 Å². The highest BCUT2D eigenvalue weighted by Crippen LogP contribution is 2.79. The van der Waals surface area contributed by atoms with Crippen LogP contribution in [0.5, 0.6) is 0 Å². The molecule has 6 aliphatic carbocycles. The summed E-state index contributed by atoms with van der Waals surface area (Å²) in [6.45, 7) is 0. The maximum atomic E-state index is 12.4. The zero-order valence-electron chi connectivity index (χ0n) is 9.45. The number of ketones is 2. The predicted molar refractivity (Wildman–Crippen MR) is 58.7 cm³/mol. The van der Waals surface area contributed by atoms with Crippen LogP contribution in [-0.2, 0) is 9.59 Å². The molecule has 0 aliphatic heterocycles. The highest BCUT2D eigenvalue weighted by atomic mass is 16.1. The highest BCUT2D eigenvalue weighted by molar-refractivity contribution is 5.96. The number of carbonyl (C=O) groups is 2. The highest BCUT2D eigenvalue weighted by Gasteiger charge is 2.80. The number of carbonyl (C=O) groups excluding carboxylic acids is 2. The number of fused-ring (bicyclic) bond motifs is 3. The molecule has 0 N–H and O–H groups in total. The van der Waals surface area contributed by atoms with Gasteiger partial charge in [-0.1, -0.05) is 12.2 Å². The lowest BCUT2D eigenvalue weighted by Gasteiger charge is -2.40. The maximum Gasteiger partial charge on any atom is 0.140 e. The lowest BCUT2D eigenvalue weighted by atomic mass is 9.61. The van der Waals surface area contributed by atoms with Crippen LogP contribution in [0.2, 0.25) is 0 Å². The van der Waals surface area contributed by atoms with Crippen LogP contribution in [0.1, 0.15) is 6.42 Å². The summed E-state index contributed by atoms with van der Waals surface area (Å²) in [5, 5.41) is 0. The van der Waals surface area contributed by atoms with Crippen molar-refractivity contribution in [3.8, 4) is 0 Å². The molecule has 0 bridgehead atoms. The largest absolute Gasteiger partial charge is 0.299 e. The molecule has 2 nitrogen and oxygen atoms in total. The number of rotatable bonds is 0. The molecule has 5 fully saturated rings. The fourth-order valence-corrected chi connectivity index (χ4v) is 7.25. The summed E-state index contributed by atoms with van der Waals surface area (Å²) in [7, 11) is 0. The molecule has 0 aromatic carbocycles. The number of hydrogen-bond donors (Lipinski definition) is 0. The summed E-state index contributed by atoms with van der Waals surface area (Å²) >= 11 is 0. The van der Waals surface area contributed by atoms with Crippen molar-refractivity contribution in [3.05, 3.63) is 12.2 Å². The number of Topliss-reactive ketones (excluding diaryl/α,β-unsaturated/α-hetero) is 2. The van der Waals surface area contributed by atoms with Crippen LogP contribution in [0, 0.1) is 59.2 Å². The van der Waals surface area contributed by atoms with Crippen molar-refractivity contribution < 1.29 is 9.59 Å². The molecule has 0 unspecified atom stereocenters. The molecule has 0 heterocycles. The van der Waals surface area contributed by atoms with Gasteiger partial charge in [0.05, 0.1) is 0 Å². The van der Waals surface area contributed by atoms with Gasteiger partial charge in [0, 0.05) is 24.2 Å². The number of hydrogen-bond acceptors (Lipinski definition) is 2. The Balaban J connectivity index is 1.68. The molecule has 0 aromatic rings. The Bertz CT molecular complexity index is 533. The third kappa shape index (κ3) is 0.557. The van der Waals surface area contributed by atoms with Crippen LogP contribution in [0.15, 0.2) is 12.2 Å². The lowest BCUT2D eigenvalue weighted by molar-refractivity contribution is -0.143. The zero-order valence-corrected chi connectivity index (χ0v) is 9.45. The van der Waals surface area contributed by atoms with E-state index in [1.54, 1.807) is 0 Å². The first kappa shape index (κ1) is 8.23. The van der Waals surface area contributed by atoms with Crippen molar-refractivity contribution in [3.63, 3.8) is 0 Å². The first-order chi connectivity index (χ1) is 8.29. The number of allylic oxidation sites excluding steroid dienone is 2. The SMILES string of the molecule is O=C1[C@H]2[C@H]3C=C[C@H]4[C@@H]5C(=O)C[C@H]6[C@H]1[C@H]2[C@H]([C@@H]34)[C@H]65. The lowest BCUT2D eigenvalue weighted by Crippen LogP contribution is -2.48. The minimum absolute atomic E-state index is 0.309. The van der Waals surface area contributed by atoms with Crippen molar-refractivity contribution in [1.29, 1.82) is 0 Å². The van der Waals surface area contributed by atoms with Gasteiger partial charge in [0.25, 0.3) is 0 Å². The van der Waals surface area contributed by atoms with E-state index in [1.165, 1.54) is 0 Å². The molecule has 5 saturated carbocycles. The Morgan fingerprint density at radius 1 is 0.824 bits per heavy atom. The second-order valence-electron chi connectivity index (χ2n) is 7.16. The summed E-state index contributed by atoms with van der Waals surface area (Å²) in [4.78, 5) is 24.6. The Labute approximate surface area is 99.4 Å². The summed E-state index contributed by atoms with van der Waals surface area (Å²) < 4.78 is 0. The van der Waals surface area contributed by atoms with E-state index in [1.807, 2.05) is 0 Å². The molecule has 17 heavy (non-hydrogen) atoms. The summed E-state index contributed by atoms with van der Waals surface area (Å²) in [6, 6.07) is 0. The van der Waals surface area contributed by atoms with Gasteiger partial charge >= 0.3 is 0 Å². The van der Waals surface area contributed by atoms with Gasteiger partial charge in [0.15, 0.2) is 0 Å². The average Bonchev–Trinajstić information content (AvgIpc) is 2.96. The monoisotopic (exact) mass is 226 g/mol. The Hall–Kier alpha value is -0.920. The minimum atomic E-state index is 0.309. The second-order valence-corrected chi connectivity index (χ2v) is 7.16. The van der Waals surface area contributed by atoms with Crippen molar-refractivity contribution in [2.24, 2.45) is 59.2 Å². The van der Waals surface area contributed by atoms with Gasteiger partial charge in [-0.2, -0.15) is 0 Å². The molecule has 0 aromatic heterocycles. The summed E-state index contributed by atoms with van der Waals surface area (Å²) in [5.74, 6) is 6.25. The standard InChI is InChI=1S/C15H14O2/c16-7-3-6-10-9(7)4-1-2-5-8(4)13(10)14-11(5)15(17)12(6)14/h1-2,4-6,8-14H,3H2/t4-,5+,6-,8-,9-,10-,11+,12+,13-,14+/m1/s1. The Morgan fingerprint density at radius 3 is 2.41 bits per heavy atom. The topological polar surface area (TPSA) is 34.1 Å². The third-order valence-corrected chi connectivity index (χ3v) is 7.27. The van der Waals surface area contributed by atoms with Crippen LogP contribution in [0.4, 0.5) is 0 Å². The fourth-order valence-electron chi connectivity index (χ4n) is 7.25. The fraction of sp³-hybridized carbons (Fsp3) is 0.733. The predicted octanol–water partition coefficient (Wildman–Crippen LogP) is 1.31. The molecule has 0 spiro atoms. The van der Waals surface area contributed by atoms with E-state index in [0.29, 0.717) is 64.8 Å². The van der Waals surface area contributed by atoms with Crippen LogP contribution in [-0.4, -0.2) is 11.6 Å². The van der Waals surface area contributed by atoms with Gasteiger partial charge < -0.3 is 0 Å². The summed E-state index contributed by atoms with van der Waals surface area (Å²) in [5.41, 5.74) is 0. The van der Waals surface area contributed by atoms with Crippen LogP contribution < -0.4 is 0 Å². The van der Waals surface area contributed by atoms with E-state index in [2.05, 4.69) is 12.2 Å². The smallest absolute Gasteiger partial charge is 0.140 e. The van der Waals surface area contributed by atoms with Gasteiger partial charge in [0.2, 0.25) is 0 Å². The van der Waals surface area contributed by atoms with E-state index < -0.39 is 0 Å². The van der Waals surface area contributed by atoms with Crippen molar-refractivity contribution in [1.82, 2.24) is 0 Å². The first-order valence-electron chi connectivity index (χ1n) is 7.04. The van der Waals surface area contributed by atoms with Gasteiger partial charge in [-0.3, -0.25) is 9.59 Å². The molecule has 6 rings (SSSR count). The van der Waals surface area contributed by atoms with Crippen LogP contribution in [0.25, 0.3) is 0 Å². The molecule has 6 aliphatic rings. The average molecular weight is 226 g/mol. The van der Waals surface area contributed by atoms with Crippen molar-refractivity contribution >= 4 is 11.6 Å². The van der Waals surface area contributed by atoms with E-state index in [9.17, 15) is 9.59 Å². The van der Waals surface area contributed by atoms with Crippen LogP contribution >= 0.6 is 0 Å². The molecular weight excluding hydrogens is 212 g/mol. The molecule has 10 atom stereocenters. The molecule has 0 radical (unpaired) electrons. The Morgan fingerprint density at radius 2 is 1.59 bits per heavy atom. The molecule has 0 saturated heterocycles. The van der Waals surface area contributed by atoms with Crippen LogP contribution in [0.3, 0.4) is 0 Å². The second kappa shape index (κ2) is 2.06. The van der Waals surface area contributed by atoms with Gasteiger partial charge in [0.1, 0.15) is 11.6 Å². The van der Waals surface area contributed by atoms with E-state index in [-0.39, 0.29) is 0 Å². The normalized spacial score (nSPS) is 71.3. The quantitative estimate of drug-likeness (QED) is 0.584. The molecule has 2 heteroatoms. The Kier molecular flexibility index (Phi) is 0.998. The molecule has 86 valence electrons. The van der Waals surface area contributed by atoms with Crippen molar-refractivity contribution in [2.45, 2.75) is 6.42 Å². The van der Waals surface area contributed by atoms with E-state index in [4.69, 9.17) is 0 Å². The molecule has 0 amide bonds. The first-order valence-corrected chi connectivity index (χ1v) is 7.04. The minimum Gasteiger partial charge on any atom is -0.299 e. The van der Waals surface area contributed by atoms with Gasteiger partial charge in [-0.15, -0.1) is 0 Å². The van der Waals surface area contributed by atoms with E-state index >= 15 is 0 Å².